The molecular weight excluding hydrogens is 326 g/mol. The second-order valence-corrected chi connectivity index (χ2v) is 5.41. The van der Waals surface area contributed by atoms with Gasteiger partial charge in [-0.2, -0.15) is 10.1 Å². The standard InChI is InChI=1S/C16H19N5O4/c1-8-13(15(17)22)14(21-16(20-8)18-7-19-21)9-5-11(24-3)12(25-4)6-10(9)23-2/h5-7,14H,1-4H3,(H2,17,22)(H,18,19,20)/t14-/m1/s1. The third kappa shape index (κ3) is 2.63. The number of anilines is 1. The van der Waals surface area contributed by atoms with Crippen molar-refractivity contribution < 1.29 is 19.0 Å². The molecule has 2 aromatic rings. The van der Waals surface area contributed by atoms with E-state index in [-0.39, 0.29) is 0 Å². The molecule has 1 aliphatic rings. The maximum Gasteiger partial charge on any atom is 0.248 e. The molecule has 3 N–H and O–H groups in total. The van der Waals surface area contributed by atoms with Gasteiger partial charge in [-0.25, -0.2) is 4.68 Å². The van der Waals surface area contributed by atoms with E-state index < -0.39 is 11.9 Å². The summed E-state index contributed by atoms with van der Waals surface area (Å²) >= 11 is 0. The van der Waals surface area contributed by atoms with Gasteiger partial charge in [-0.15, -0.1) is 0 Å². The molecule has 9 nitrogen and oxygen atoms in total. The predicted molar refractivity (Wildman–Crippen MR) is 89.8 cm³/mol. The Kier molecular flexibility index (Phi) is 4.22. The number of aromatic nitrogens is 3. The molecule has 1 amide bonds. The Bertz CT molecular complexity index is 858. The number of hydrogen-bond donors (Lipinski definition) is 2. The molecule has 3 rings (SSSR count). The van der Waals surface area contributed by atoms with Crippen LogP contribution < -0.4 is 25.3 Å². The molecule has 1 aromatic carbocycles. The molecule has 1 aromatic heterocycles. The van der Waals surface area contributed by atoms with Crippen molar-refractivity contribution in [1.82, 2.24) is 14.8 Å². The van der Waals surface area contributed by atoms with Gasteiger partial charge in [-0.3, -0.25) is 4.79 Å². The minimum Gasteiger partial charge on any atom is -0.496 e. The van der Waals surface area contributed by atoms with Crippen LogP contribution in [0.1, 0.15) is 18.5 Å². The molecule has 0 unspecified atom stereocenters. The monoisotopic (exact) mass is 345 g/mol. The zero-order valence-electron chi connectivity index (χ0n) is 14.4. The number of hydrogen-bond acceptors (Lipinski definition) is 7. The lowest BCUT2D eigenvalue weighted by Gasteiger charge is -2.29. The van der Waals surface area contributed by atoms with E-state index in [0.29, 0.717) is 40.0 Å². The average Bonchev–Trinajstić information content (AvgIpc) is 3.06. The SMILES string of the molecule is COc1cc(OC)c([C@@H]2C(C(N)=O)=C(C)Nc3ncnn32)cc1OC. The van der Waals surface area contributed by atoms with Crippen LogP contribution in [0.4, 0.5) is 5.95 Å². The van der Waals surface area contributed by atoms with Gasteiger partial charge < -0.3 is 25.3 Å². The summed E-state index contributed by atoms with van der Waals surface area (Å²) < 4.78 is 17.8. The molecule has 0 aliphatic carbocycles. The summed E-state index contributed by atoms with van der Waals surface area (Å²) in [6, 6.07) is 2.84. The number of primary amides is 1. The highest BCUT2D eigenvalue weighted by molar-refractivity contribution is 5.95. The lowest BCUT2D eigenvalue weighted by atomic mass is 9.94. The van der Waals surface area contributed by atoms with Crippen molar-refractivity contribution in [2.75, 3.05) is 26.6 Å². The van der Waals surface area contributed by atoms with Crippen LogP contribution in [0, 0.1) is 0 Å². The van der Waals surface area contributed by atoms with E-state index in [1.54, 1.807) is 23.7 Å². The number of carbonyl (C=O) groups excluding carboxylic acids is 1. The van der Waals surface area contributed by atoms with Gasteiger partial charge in [0.25, 0.3) is 0 Å². The lowest BCUT2D eigenvalue weighted by Crippen LogP contribution is -2.32. The summed E-state index contributed by atoms with van der Waals surface area (Å²) in [5.74, 6) is 1.46. The second-order valence-electron chi connectivity index (χ2n) is 5.41. The maximum atomic E-state index is 12.1. The van der Waals surface area contributed by atoms with Crippen molar-refractivity contribution in [1.29, 1.82) is 0 Å². The quantitative estimate of drug-likeness (QED) is 0.833. The number of methoxy groups -OCH3 is 3. The third-order valence-electron chi connectivity index (χ3n) is 4.09. The van der Waals surface area contributed by atoms with E-state index in [1.165, 1.54) is 27.7 Å². The second kappa shape index (κ2) is 6.34. The van der Waals surface area contributed by atoms with E-state index in [9.17, 15) is 4.79 Å². The van der Waals surface area contributed by atoms with E-state index in [2.05, 4.69) is 15.4 Å². The van der Waals surface area contributed by atoms with Crippen LogP contribution in [0.25, 0.3) is 0 Å². The predicted octanol–water partition coefficient (Wildman–Crippen LogP) is 1.08. The summed E-state index contributed by atoms with van der Waals surface area (Å²) in [6.07, 6.45) is 1.40. The van der Waals surface area contributed by atoms with Gasteiger partial charge in [0.05, 0.1) is 26.9 Å². The van der Waals surface area contributed by atoms with E-state index >= 15 is 0 Å². The Morgan fingerprint density at radius 3 is 2.40 bits per heavy atom. The molecule has 1 aliphatic heterocycles. The smallest absolute Gasteiger partial charge is 0.248 e. The fourth-order valence-electron chi connectivity index (χ4n) is 2.96. The van der Waals surface area contributed by atoms with E-state index in [4.69, 9.17) is 19.9 Å². The molecule has 9 heteroatoms. The highest BCUT2D eigenvalue weighted by Crippen LogP contribution is 2.43. The number of rotatable bonds is 5. The normalized spacial score (nSPS) is 16.1. The molecule has 0 bridgehead atoms. The summed E-state index contributed by atoms with van der Waals surface area (Å²) in [5.41, 5.74) is 7.26. The van der Waals surface area contributed by atoms with Crippen LogP contribution in [0.2, 0.25) is 0 Å². The average molecular weight is 345 g/mol. The van der Waals surface area contributed by atoms with Crippen molar-refractivity contribution in [3.63, 3.8) is 0 Å². The van der Waals surface area contributed by atoms with Gasteiger partial charge in [0.15, 0.2) is 11.5 Å². The van der Waals surface area contributed by atoms with Crippen molar-refractivity contribution >= 4 is 11.9 Å². The number of nitrogens with one attached hydrogen (secondary N) is 1. The van der Waals surface area contributed by atoms with Crippen molar-refractivity contribution in [3.8, 4) is 17.2 Å². The first-order valence-electron chi connectivity index (χ1n) is 7.48. The Morgan fingerprint density at radius 1 is 1.16 bits per heavy atom. The number of amides is 1. The molecule has 0 saturated carbocycles. The van der Waals surface area contributed by atoms with Crippen LogP contribution in [-0.4, -0.2) is 42.0 Å². The molecule has 1 atom stereocenters. The van der Waals surface area contributed by atoms with Crippen LogP contribution in [0.15, 0.2) is 29.7 Å². The van der Waals surface area contributed by atoms with Crippen molar-refractivity contribution in [2.24, 2.45) is 5.73 Å². The van der Waals surface area contributed by atoms with Gasteiger partial charge >= 0.3 is 0 Å². The number of nitrogens with zero attached hydrogens (tertiary/aromatic N) is 3. The highest BCUT2D eigenvalue weighted by atomic mass is 16.5. The topological polar surface area (TPSA) is 114 Å². The van der Waals surface area contributed by atoms with Crippen molar-refractivity contribution in [3.05, 3.63) is 35.3 Å². The molecule has 2 heterocycles. The summed E-state index contributed by atoms with van der Waals surface area (Å²) in [5, 5.41) is 7.26. The fourth-order valence-corrected chi connectivity index (χ4v) is 2.96. The highest BCUT2D eigenvalue weighted by Gasteiger charge is 2.35. The van der Waals surface area contributed by atoms with Crippen LogP contribution in [0.3, 0.4) is 0 Å². The summed E-state index contributed by atoms with van der Waals surface area (Å²) in [4.78, 5) is 16.3. The molecule has 0 spiro atoms. The van der Waals surface area contributed by atoms with Gasteiger partial charge in [-0.1, -0.05) is 0 Å². The number of allylic oxidation sites excluding steroid dienone is 1. The van der Waals surface area contributed by atoms with Gasteiger partial charge in [0, 0.05) is 17.3 Å². The zero-order chi connectivity index (χ0) is 18.1. The van der Waals surface area contributed by atoms with Crippen molar-refractivity contribution in [2.45, 2.75) is 13.0 Å². The Labute approximate surface area is 144 Å². The number of fused-ring (bicyclic) bond motifs is 1. The molecule has 25 heavy (non-hydrogen) atoms. The summed E-state index contributed by atoms with van der Waals surface area (Å²) in [6.45, 7) is 1.76. The van der Waals surface area contributed by atoms with E-state index in [0.717, 1.165) is 0 Å². The van der Waals surface area contributed by atoms with Gasteiger partial charge in [0.1, 0.15) is 18.1 Å². The minimum atomic E-state index is -0.606. The van der Waals surface area contributed by atoms with Gasteiger partial charge in [-0.05, 0) is 13.0 Å². The van der Waals surface area contributed by atoms with Gasteiger partial charge in [0.2, 0.25) is 11.9 Å². The molecule has 0 saturated heterocycles. The fraction of sp³-hybridized carbons (Fsp3) is 0.312. The van der Waals surface area contributed by atoms with Crippen LogP contribution in [0.5, 0.6) is 17.2 Å². The lowest BCUT2D eigenvalue weighted by molar-refractivity contribution is -0.115. The number of carbonyl (C=O) groups is 1. The maximum absolute atomic E-state index is 12.1. The van der Waals surface area contributed by atoms with Crippen LogP contribution in [-0.2, 0) is 4.79 Å². The molecule has 0 radical (unpaired) electrons. The first-order chi connectivity index (χ1) is 12.0. The first kappa shape index (κ1) is 16.6. The summed E-state index contributed by atoms with van der Waals surface area (Å²) in [7, 11) is 4.61. The molecule has 132 valence electrons. The Morgan fingerprint density at radius 2 is 1.80 bits per heavy atom. The Balaban J connectivity index is 2.28. The first-order valence-corrected chi connectivity index (χ1v) is 7.48. The molecule has 0 fully saturated rings. The molecular formula is C16H19N5O4. The number of nitrogens with two attached hydrogens (primary N) is 1. The zero-order valence-corrected chi connectivity index (χ0v) is 14.4. The number of ether oxygens (including phenoxy) is 3. The largest absolute Gasteiger partial charge is 0.496 e. The minimum absolute atomic E-state index is 0.364. The third-order valence-corrected chi connectivity index (χ3v) is 4.09. The Hall–Kier alpha value is -3.23. The number of benzene rings is 1. The van der Waals surface area contributed by atoms with E-state index in [1.807, 2.05) is 0 Å². The van der Waals surface area contributed by atoms with Crippen LogP contribution >= 0.6 is 0 Å².